The molecule has 3 nitrogen and oxygen atoms in total. The van der Waals surface area contributed by atoms with E-state index in [4.69, 9.17) is 5.26 Å². The fourth-order valence-corrected chi connectivity index (χ4v) is 2.39. The molecule has 0 saturated heterocycles. The van der Waals surface area contributed by atoms with Crippen LogP contribution >= 0.6 is 15.9 Å². The van der Waals surface area contributed by atoms with E-state index in [0.717, 1.165) is 17.7 Å². The van der Waals surface area contributed by atoms with Crippen LogP contribution in [-0.4, -0.2) is 4.57 Å². The van der Waals surface area contributed by atoms with Gasteiger partial charge in [-0.3, -0.25) is 0 Å². The minimum Gasteiger partial charge on any atom is -0.381 e. The van der Waals surface area contributed by atoms with Crippen molar-refractivity contribution in [1.29, 1.82) is 5.26 Å². The molecule has 21 heavy (non-hydrogen) atoms. The summed E-state index contributed by atoms with van der Waals surface area (Å²) < 4.78 is 40.2. The van der Waals surface area contributed by atoms with E-state index in [1.54, 1.807) is 29.9 Å². The van der Waals surface area contributed by atoms with Gasteiger partial charge in [0.05, 0.1) is 5.56 Å². The van der Waals surface area contributed by atoms with Crippen LogP contribution < -0.4 is 5.32 Å². The SMILES string of the molecule is Cn1cc(CNc2cc(Br)cc(C(F)(F)F)c2)cc1C#N. The Kier molecular flexibility index (Phi) is 4.28. The minimum absolute atomic E-state index is 0.337. The molecule has 0 bridgehead atoms. The Labute approximate surface area is 128 Å². The van der Waals surface area contributed by atoms with E-state index >= 15 is 0 Å². The zero-order valence-corrected chi connectivity index (χ0v) is 12.6. The summed E-state index contributed by atoms with van der Waals surface area (Å²) in [6.45, 7) is 0.337. The summed E-state index contributed by atoms with van der Waals surface area (Å²) in [4.78, 5) is 0. The third-order valence-electron chi connectivity index (χ3n) is 2.90. The van der Waals surface area contributed by atoms with Gasteiger partial charge in [0, 0.05) is 29.9 Å². The summed E-state index contributed by atoms with van der Waals surface area (Å²) in [7, 11) is 1.74. The van der Waals surface area contributed by atoms with Gasteiger partial charge in [0.25, 0.3) is 0 Å². The second kappa shape index (κ2) is 5.82. The normalized spacial score (nSPS) is 11.2. The molecule has 1 N–H and O–H groups in total. The van der Waals surface area contributed by atoms with Gasteiger partial charge in [0.1, 0.15) is 11.8 Å². The first-order chi connectivity index (χ1) is 9.79. The number of nitrogens with one attached hydrogen (secondary N) is 1. The molecule has 1 heterocycles. The maximum Gasteiger partial charge on any atom is 0.416 e. The van der Waals surface area contributed by atoms with Gasteiger partial charge in [-0.15, -0.1) is 0 Å². The van der Waals surface area contributed by atoms with Crippen LogP contribution in [-0.2, 0) is 19.8 Å². The Morgan fingerprint density at radius 1 is 1.29 bits per heavy atom. The maximum atomic E-state index is 12.7. The van der Waals surface area contributed by atoms with Crippen LogP contribution in [0.4, 0.5) is 18.9 Å². The first kappa shape index (κ1) is 15.4. The van der Waals surface area contributed by atoms with Crippen LogP contribution in [0.15, 0.2) is 34.9 Å². The number of nitriles is 1. The lowest BCUT2D eigenvalue weighted by molar-refractivity contribution is -0.137. The van der Waals surface area contributed by atoms with E-state index in [9.17, 15) is 13.2 Å². The van der Waals surface area contributed by atoms with E-state index in [1.807, 2.05) is 6.07 Å². The smallest absolute Gasteiger partial charge is 0.381 e. The number of aryl methyl sites for hydroxylation is 1. The molecule has 0 spiro atoms. The maximum absolute atomic E-state index is 12.7. The average molecular weight is 358 g/mol. The van der Waals surface area contributed by atoms with Crippen molar-refractivity contribution in [2.24, 2.45) is 7.05 Å². The number of aromatic nitrogens is 1. The zero-order valence-electron chi connectivity index (χ0n) is 11.0. The van der Waals surface area contributed by atoms with Crippen molar-refractivity contribution in [2.45, 2.75) is 12.7 Å². The fourth-order valence-electron chi connectivity index (χ4n) is 1.90. The number of rotatable bonds is 3. The molecule has 0 radical (unpaired) electrons. The molecule has 0 unspecified atom stereocenters. The Morgan fingerprint density at radius 2 is 2.00 bits per heavy atom. The average Bonchev–Trinajstić information content (AvgIpc) is 2.75. The first-order valence-electron chi connectivity index (χ1n) is 5.96. The highest BCUT2D eigenvalue weighted by Crippen LogP contribution is 2.33. The number of alkyl halides is 3. The topological polar surface area (TPSA) is 40.8 Å². The number of nitrogens with zero attached hydrogens (tertiary/aromatic N) is 2. The van der Waals surface area contributed by atoms with Crippen LogP contribution in [0.2, 0.25) is 0 Å². The largest absolute Gasteiger partial charge is 0.416 e. The Morgan fingerprint density at radius 3 is 2.57 bits per heavy atom. The molecule has 110 valence electrons. The highest BCUT2D eigenvalue weighted by atomic mass is 79.9. The van der Waals surface area contributed by atoms with Crippen LogP contribution in [0.5, 0.6) is 0 Å². The molecule has 1 aromatic heterocycles. The second-order valence-electron chi connectivity index (χ2n) is 4.54. The van der Waals surface area contributed by atoms with Crippen molar-refractivity contribution in [3.05, 3.63) is 51.8 Å². The lowest BCUT2D eigenvalue weighted by Gasteiger charge is -2.11. The molecule has 7 heteroatoms. The van der Waals surface area contributed by atoms with Crippen molar-refractivity contribution in [1.82, 2.24) is 4.57 Å². The van der Waals surface area contributed by atoms with Crippen molar-refractivity contribution < 1.29 is 13.2 Å². The Hall–Kier alpha value is -1.94. The monoisotopic (exact) mass is 357 g/mol. The highest BCUT2D eigenvalue weighted by molar-refractivity contribution is 9.10. The van der Waals surface area contributed by atoms with Gasteiger partial charge >= 0.3 is 6.18 Å². The number of anilines is 1. The number of hydrogen-bond donors (Lipinski definition) is 1. The van der Waals surface area contributed by atoms with E-state index in [2.05, 4.69) is 21.2 Å². The fraction of sp³-hybridized carbons (Fsp3) is 0.214. The third-order valence-corrected chi connectivity index (χ3v) is 3.36. The molecule has 0 fully saturated rings. The summed E-state index contributed by atoms with van der Waals surface area (Å²) in [6, 6.07) is 7.38. The zero-order chi connectivity index (χ0) is 15.6. The van der Waals surface area contributed by atoms with Crippen LogP contribution in [0, 0.1) is 11.3 Å². The number of hydrogen-bond acceptors (Lipinski definition) is 2. The van der Waals surface area contributed by atoms with Gasteiger partial charge in [-0.25, -0.2) is 0 Å². The molecule has 0 aliphatic rings. The predicted octanol–water partition coefficient (Wildman–Crippen LogP) is 4.29. The molecule has 0 atom stereocenters. The van der Waals surface area contributed by atoms with Crippen molar-refractivity contribution >= 4 is 21.6 Å². The first-order valence-corrected chi connectivity index (χ1v) is 6.76. The quantitative estimate of drug-likeness (QED) is 0.889. The van der Waals surface area contributed by atoms with Crippen LogP contribution in [0.25, 0.3) is 0 Å². The Bertz CT molecular complexity index is 698. The molecule has 0 saturated carbocycles. The van der Waals surface area contributed by atoms with Crippen LogP contribution in [0.3, 0.4) is 0 Å². The van der Waals surface area contributed by atoms with E-state index in [1.165, 1.54) is 0 Å². The molecule has 0 amide bonds. The summed E-state index contributed by atoms with van der Waals surface area (Å²) in [5.41, 5.74) is 0.962. The van der Waals surface area contributed by atoms with Crippen LogP contribution in [0.1, 0.15) is 16.8 Å². The standard InChI is InChI=1S/C14H11BrF3N3/c1-21-8-9(2-13(21)6-19)7-20-12-4-10(14(16,17)18)3-11(15)5-12/h2-5,8,20H,7H2,1H3. The van der Waals surface area contributed by atoms with Gasteiger partial charge in [-0.2, -0.15) is 18.4 Å². The van der Waals surface area contributed by atoms with Crippen molar-refractivity contribution in [3.8, 4) is 6.07 Å². The second-order valence-corrected chi connectivity index (χ2v) is 5.45. The molecular weight excluding hydrogens is 347 g/mol. The summed E-state index contributed by atoms with van der Waals surface area (Å²) >= 11 is 3.07. The summed E-state index contributed by atoms with van der Waals surface area (Å²) in [6.07, 6.45) is -2.63. The highest BCUT2D eigenvalue weighted by Gasteiger charge is 2.31. The third kappa shape index (κ3) is 3.79. The molecule has 2 rings (SSSR count). The van der Waals surface area contributed by atoms with E-state index in [0.29, 0.717) is 22.4 Å². The number of halogens is 4. The van der Waals surface area contributed by atoms with Gasteiger partial charge < -0.3 is 9.88 Å². The predicted molar refractivity (Wildman–Crippen MR) is 76.6 cm³/mol. The lowest BCUT2D eigenvalue weighted by atomic mass is 10.2. The van der Waals surface area contributed by atoms with Gasteiger partial charge in [0.15, 0.2) is 0 Å². The van der Waals surface area contributed by atoms with Gasteiger partial charge in [0.2, 0.25) is 0 Å². The lowest BCUT2D eigenvalue weighted by Crippen LogP contribution is -2.06. The van der Waals surface area contributed by atoms with E-state index < -0.39 is 11.7 Å². The van der Waals surface area contributed by atoms with Crippen molar-refractivity contribution in [2.75, 3.05) is 5.32 Å². The van der Waals surface area contributed by atoms with E-state index in [-0.39, 0.29) is 0 Å². The minimum atomic E-state index is -4.39. The summed E-state index contributed by atoms with van der Waals surface area (Å²) in [5.74, 6) is 0. The molecule has 0 aliphatic heterocycles. The van der Waals surface area contributed by atoms with Gasteiger partial charge in [-0.05, 0) is 29.8 Å². The molecule has 2 aromatic rings. The van der Waals surface area contributed by atoms with Gasteiger partial charge in [-0.1, -0.05) is 15.9 Å². The molecule has 0 aliphatic carbocycles. The number of benzene rings is 1. The molecule has 1 aromatic carbocycles. The summed E-state index contributed by atoms with van der Waals surface area (Å²) in [5, 5.41) is 11.8. The molecular formula is C14H11BrF3N3. The Balaban J connectivity index is 2.16. The van der Waals surface area contributed by atoms with Crippen molar-refractivity contribution in [3.63, 3.8) is 0 Å².